The minimum absolute atomic E-state index is 0.0853. The van der Waals surface area contributed by atoms with Gasteiger partial charge in [-0.3, -0.25) is 0 Å². The number of aliphatic hydroxyl groups is 1. The summed E-state index contributed by atoms with van der Waals surface area (Å²) in [6.07, 6.45) is 3.65. The predicted molar refractivity (Wildman–Crippen MR) is 51.4 cm³/mol. The molecule has 1 heterocycles. The van der Waals surface area contributed by atoms with E-state index in [1.54, 1.807) is 7.11 Å². The first-order valence-electron chi connectivity index (χ1n) is 4.88. The Kier molecular flexibility index (Phi) is 2.63. The number of aromatic nitrogens is 2. The zero-order valence-corrected chi connectivity index (χ0v) is 8.29. The first-order valence-corrected chi connectivity index (χ1v) is 4.88. The molecule has 76 valence electrons. The smallest absolute Gasteiger partial charge is 0.219 e. The van der Waals surface area contributed by atoms with Gasteiger partial charge in [-0.25, -0.2) is 4.98 Å². The lowest BCUT2D eigenvalue weighted by atomic mass is 10.2. The molecule has 14 heavy (non-hydrogen) atoms. The van der Waals surface area contributed by atoms with Crippen molar-refractivity contribution < 1.29 is 9.84 Å². The Hall–Kier alpha value is -1.16. The van der Waals surface area contributed by atoms with Gasteiger partial charge in [-0.15, -0.1) is 0 Å². The van der Waals surface area contributed by atoms with Crippen molar-refractivity contribution in [2.75, 3.05) is 13.7 Å². The lowest BCUT2D eigenvalue weighted by Gasteiger charge is -2.07. The summed E-state index contributed by atoms with van der Waals surface area (Å²) in [5.74, 6) is 1.38. The third-order valence-corrected chi connectivity index (χ3v) is 2.47. The van der Waals surface area contributed by atoms with E-state index in [0.717, 1.165) is 30.5 Å². The highest BCUT2D eigenvalue weighted by molar-refractivity contribution is 5.34. The van der Waals surface area contributed by atoms with Gasteiger partial charge in [-0.1, -0.05) is 0 Å². The minimum Gasteiger partial charge on any atom is -0.481 e. The Morgan fingerprint density at radius 2 is 2.21 bits per heavy atom. The monoisotopic (exact) mass is 194 g/mol. The van der Waals surface area contributed by atoms with Crippen LogP contribution in [0.2, 0.25) is 0 Å². The number of aliphatic hydroxyl groups excluding tert-OH is 1. The zero-order chi connectivity index (χ0) is 9.97. The zero-order valence-electron chi connectivity index (χ0n) is 8.29. The van der Waals surface area contributed by atoms with Crippen LogP contribution in [0.25, 0.3) is 0 Å². The van der Waals surface area contributed by atoms with E-state index >= 15 is 0 Å². The van der Waals surface area contributed by atoms with Crippen molar-refractivity contribution >= 4 is 0 Å². The average Bonchev–Trinajstić information content (AvgIpc) is 2.65. The highest BCUT2D eigenvalue weighted by atomic mass is 16.5. The lowest BCUT2D eigenvalue weighted by molar-refractivity contribution is 0.295. The second-order valence-corrected chi connectivity index (χ2v) is 3.40. The quantitative estimate of drug-likeness (QED) is 0.761. The average molecular weight is 194 g/mol. The molecule has 0 saturated heterocycles. The van der Waals surface area contributed by atoms with Gasteiger partial charge in [0, 0.05) is 12.0 Å². The standard InChI is InChI=1S/C10H14N2O2/c1-14-10-7-3-2-4-8(7)11-9(12-10)5-6-13/h13H,2-6H2,1H3. The van der Waals surface area contributed by atoms with Crippen LogP contribution in [0.3, 0.4) is 0 Å². The maximum Gasteiger partial charge on any atom is 0.219 e. The highest BCUT2D eigenvalue weighted by Gasteiger charge is 2.19. The molecule has 0 bridgehead atoms. The van der Waals surface area contributed by atoms with Crippen molar-refractivity contribution in [3.63, 3.8) is 0 Å². The summed E-state index contributed by atoms with van der Waals surface area (Å²) >= 11 is 0. The molecule has 0 amide bonds. The number of hydrogen-bond acceptors (Lipinski definition) is 4. The number of aryl methyl sites for hydroxylation is 1. The molecule has 0 aromatic carbocycles. The van der Waals surface area contributed by atoms with E-state index in [4.69, 9.17) is 9.84 Å². The third-order valence-electron chi connectivity index (χ3n) is 2.47. The maximum atomic E-state index is 8.81. The van der Waals surface area contributed by atoms with Crippen LogP contribution in [0.4, 0.5) is 0 Å². The lowest BCUT2D eigenvalue weighted by Crippen LogP contribution is -2.05. The summed E-state index contributed by atoms with van der Waals surface area (Å²) in [4.78, 5) is 8.66. The fraction of sp³-hybridized carbons (Fsp3) is 0.600. The SMILES string of the molecule is COc1nc(CCO)nc2c1CCC2. The number of methoxy groups -OCH3 is 1. The maximum absolute atomic E-state index is 8.81. The number of ether oxygens (including phenoxy) is 1. The predicted octanol–water partition coefficient (Wildman–Crippen LogP) is 0.509. The Labute approximate surface area is 83.0 Å². The van der Waals surface area contributed by atoms with E-state index < -0.39 is 0 Å². The molecule has 0 fully saturated rings. The molecule has 0 atom stereocenters. The molecule has 0 saturated carbocycles. The van der Waals surface area contributed by atoms with E-state index in [0.29, 0.717) is 18.1 Å². The van der Waals surface area contributed by atoms with E-state index in [1.807, 2.05) is 0 Å². The first kappa shape index (κ1) is 9.40. The minimum atomic E-state index is 0.0853. The van der Waals surface area contributed by atoms with Gasteiger partial charge in [0.15, 0.2) is 0 Å². The third kappa shape index (κ3) is 1.57. The van der Waals surface area contributed by atoms with E-state index in [9.17, 15) is 0 Å². The molecule has 1 aromatic heterocycles. The summed E-state index contributed by atoms with van der Waals surface area (Å²) in [6.45, 7) is 0.0853. The summed E-state index contributed by atoms with van der Waals surface area (Å²) in [5, 5.41) is 8.81. The largest absolute Gasteiger partial charge is 0.481 e. The van der Waals surface area contributed by atoms with Gasteiger partial charge in [-0.05, 0) is 19.3 Å². The summed E-state index contributed by atoms with van der Waals surface area (Å²) < 4.78 is 5.21. The molecule has 1 N–H and O–H groups in total. The summed E-state index contributed by atoms with van der Waals surface area (Å²) in [6, 6.07) is 0. The van der Waals surface area contributed by atoms with Crippen LogP contribution >= 0.6 is 0 Å². The molecule has 0 aliphatic heterocycles. The van der Waals surface area contributed by atoms with Crippen molar-refractivity contribution in [3.8, 4) is 5.88 Å². The van der Waals surface area contributed by atoms with E-state index in [1.165, 1.54) is 0 Å². The molecule has 0 radical (unpaired) electrons. The fourth-order valence-electron chi connectivity index (χ4n) is 1.83. The van der Waals surface area contributed by atoms with Gasteiger partial charge in [0.05, 0.1) is 19.4 Å². The van der Waals surface area contributed by atoms with Crippen LogP contribution in [0.15, 0.2) is 0 Å². The molecule has 0 unspecified atom stereocenters. The van der Waals surface area contributed by atoms with Crippen molar-refractivity contribution in [3.05, 3.63) is 17.1 Å². The fourth-order valence-corrected chi connectivity index (χ4v) is 1.83. The van der Waals surface area contributed by atoms with Gasteiger partial charge < -0.3 is 9.84 Å². The van der Waals surface area contributed by atoms with Crippen LogP contribution in [-0.4, -0.2) is 28.8 Å². The Morgan fingerprint density at radius 1 is 1.36 bits per heavy atom. The summed E-state index contributed by atoms with van der Waals surface area (Å²) in [7, 11) is 1.63. The normalized spacial score (nSPS) is 14.1. The van der Waals surface area contributed by atoms with Crippen molar-refractivity contribution in [2.45, 2.75) is 25.7 Å². The van der Waals surface area contributed by atoms with Crippen LogP contribution in [0.1, 0.15) is 23.5 Å². The number of fused-ring (bicyclic) bond motifs is 1. The second kappa shape index (κ2) is 3.92. The Bertz CT molecular complexity index is 339. The van der Waals surface area contributed by atoms with Crippen molar-refractivity contribution in [1.29, 1.82) is 0 Å². The van der Waals surface area contributed by atoms with Crippen LogP contribution in [0.5, 0.6) is 5.88 Å². The number of rotatable bonds is 3. The molecule has 4 nitrogen and oxygen atoms in total. The van der Waals surface area contributed by atoms with Crippen LogP contribution < -0.4 is 4.74 Å². The Balaban J connectivity index is 2.39. The van der Waals surface area contributed by atoms with Gasteiger partial charge in [0.25, 0.3) is 0 Å². The molecule has 1 aliphatic rings. The van der Waals surface area contributed by atoms with Gasteiger partial charge in [0.1, 0.15) is 5.82 Å². The van der Waals surface area contributed by atoms with Gasteiger partial charge >= 0.3 is 0 Å². The van der Waals surface area contributed by atoms with Gasteiger partial charge in [0.2, 0.25) is 5.88 Å². The summed E-state index contributed by atoms with van der Waals surface area (Å²) in [5.41, 5.74) is 2.24. The molecular weight excluding hydrogens is 180 g/mol. The molecule has 4 heteroatoms. The van der Waals surface area contributed by atoms with E-state index in [2.05, 4.69) is 9.97 Å². The van der Waals surface area contributed by atoms with Crippen molar-refractivity contribution in [2.24, 2.45) is 0 Å². The second-order valence-electron chi connectivity index (χ2n) is 3.40. The molecular formula is C10H14N2O2. The topological polar surface area (TPSA) is 55.2 Å². The number of hydrogen-bond donors (Lipinski definition) is 1. The molecule has 1 aliphatic carbocycles. The van der Waals surface area contributed by atoms with Crippen LogP contribution in [-0.2, 0) is 19.3 Å². The highest BCUT2D eigenvalue weighted by Crippen LogP contribution is 2.27. The molecule has 2 rings (SSSR count). The first-order chi connectivity index (χ1) is 6.85. The Morgan fingerprint density at radius 3 is 2.93 bits per heavy atom. The number of nitrogens with zero attached hydrogens (tertiary/aromatic N) is 2. The van der Waals surface area contributed by atoms with Crippen molar-refractivity contribution in [1.82, 2.24) is 9.97 Å². The van der Waals surface area contributed by atoms with Crippen LogP contribution in [0, 0.1) is 0 Å². The van der Waals surface area contributed by atoms with E-state index in [-0.39, 0.29) is 6.61 Å². The van der Waals surface area contributed by atoms with Gasteiger partial charge in [-0.2, -0.15) is 4.98 Å². The molecule has 1 aromatic rings. The molecule has 0 spiro atoms.